The summed E-state index contributed by atoms with van der Waals surface area (Å²) in [6, 6.07) is 0. The summed E-state index contributed by atoms with van der Waals surface area (Å²) in [5, 5.41) is 43.8. The first-order valence-electron chi connectivity index (χ1n) is 14.4. The van der Waals surface area contributed by atoms with Gasteiger partial charge in [-0.05, 0) is 80.2 Å². The zero-order valence-corrected chi connectivity index (χ0v) is 24.9. The highest BCUT2D eigenvalue weighted by molar-refractivity contribution is 5.72. The molecule has 0 saturated carbocycles. The Morgan fingerprint density at radius 2 is 1.25 bits per heavy atom. The molecule has 0 aromatic carbocycles. The van der Waals surface area contributed by atoms with Crippen LogP contribution in [0.2, 0.25) is 0 Å². The standard InChI is InChI=1S/C34H36N4O6/c1-5-19-17(3)25-11-28-20(6-2)23(15-39)31(37-28)12-26-18(4)21(7-9-33(41)42)29(36-26)14-30-22(8-10-34(43)44)24(16-40)32(38-30)13-27(19)35-25/h5-6,11-15,35-40H,1,7-10,16H2,2-4H3,(H,41,42)(H,43,44)/b20-6+,23-15-,28-11+,30-14-,31-12-,32-13-. The molecule has 44 heavy (non-hydrogen) atoms. The molecule has 0 amide bonds. The number of hydrogen-bond acceptors (Lipinski definition) is 4. The summed E-state index contributed by atoms with van der Waals surface area (Å²) in [4.78, 5) is 36.9. The van der Waals surface area contributed by atoms with E-state index < -0.39 is 11.9 Å². The van der Waals surface area contributed by atoms with Gasteiger partial charge in [0.15, 0.2) is 0 Å². The second-order valence-corrected chi connectivity index (χ2v) is 10.9. The summed E-state index contributed by atoms with van der Waals surface area (Å²) in [6.45, 7) is 9.49. The molecule has 0 spiro atoms. The Balaban J connectivity index is 1.98. The van der Waals surface area contributed by atoms with Crippen LogP contribution in [0, 0.1) is 13.8 Å². The number of aliphatic hydroxyl groups excluding tert-OH is 2. The number of H-pyrrole nitrogens is 4. The van der Waals surface area contributed by atoms with Gasteiger partial charge in [-0.1, -0.05) is 18.7 Å². The van der Waals surface area contributed by atoms with Gasteiger partial charge >= 0.3 is 11.9 Å². The van der Waals surface area contributed by atoms with Crippen molar-refractivity contribution in [3.8, 4) is 0 Å². The Morgan fingerprint density at radius 3 is 1.84 bits per heavy atom. The summed E-state index contributed by atoms with van der Waals surface area (Å²) in [5.41, 5.74) is 7.67. The molecular weight excluding hydrogens is 560 g/mol. The van der Waals surface area contributed by atoms with Gasteiger partial charge in [0.2, 0.25) is 0 Å². The normalized spacial score (nSPS) is 16.3. The molecule has 1 aliphatic rings. The molecule has 4 aromatic heterocycles. The average molecular weight is 597 g/mol. The predicted molar refractivity (Wildman–Crippen MR) is 170 cm³/mol. The van der Waals surface area contributed by atoms with Crippen molar-refractivity contribution in [1.29, 1.82) is 0 Å². The molecule has 5 heterocycles. The largest absolute Gasteiger partial charge is 0.515 e. The quantitative estimate of drug-likeness (QED) is 0.129. The molecule has 0 aliphatic carbocycles. The number of aliphatic carboxylic acids is 2. The maximum absolute atomic E-state index is 11.6. The third-order valence-corrected chi connectivity index (χ3v) is 8.35. The molecule has 10 heteroatoms. The van der Waals surface area contributed by atoms with Gasteiger partial charge < -0.3 is 40.4 Å². The van der Waals surface area contributed by atoms with Gasteiger partial charge in [0.05, 0.1) is 18.2 Å². The maximum Gasteiger partial charge on any atom is 0.303 e. The van der Waals surface area contributed by atoms with E-state index >= 15 is 0 Å². The number of carbonyl (C=O) groups is 2. The number of aromatic nitrogens is 4. The minimum atomic E-state index is -0.959. The Kier molecular flexibility index (Phi) is 8.37. The second-order valence-electron chi connectivity index (χ2n) is 10.9. The fourth-order valence-electron chi connectivity index (χ4n) is 6.07. The molecular formula is C34H36N4O6. The molecule has 5 rings (SSSR count). The van der Waals surface area contributed by atoms with E-state index in [0.717, 1.165) is 56.2 Å². The fraction of sp³-hybridized carbons (Fsp3) is 0.235. The van der Waals surface area contributed by atoms with Crippen LogP contribution in [0.4, 0.5) is 0 Å². The lowest BCUT2D eigenvalue weighted by atomic mass is 10.0. The third-order valence-electron chi connectivity index (χ3n) is 8.35. The Bertz CT molecular complexity index is 2190. The summed E-state index contributed by atoms with van der Waals surface area (Å²) in [6.07, 6.45) is 12.5. The SMILES string of the molecule is C=Cc1c2[nH]c(c1C)/C=c1[nH]c(/c(=C\O)c/1=C\C)=C\c1[nH]c(c(CCC(=O)O)c1C)/C=c1\[nH]/c(c(CO)c1CCC(=O)O)=C\2. The monoisotopic (exact) mass is 596 g/mol. The number of aromatic amines is 4. The van der Waals surface area contributed by atoms with Crippen LogP contribution in [0.5, 0.6) is 0 Å². The van der Waals surface area contributed by atoms with Gasteiger partial charge in [0.1, 0.15) is 0 Å². The van der Waals surface area contributed by atoms with E-state index in [0.29, 0.717) is 38.1 Å². The van der Waals surface area contributed by atoms with Crippen LogP contribution < -0.4 is 31.8 Å². The number of fused-ring (bicyclic) bond motifs is 8. The smallest absolute Gasteiger partial charge is 0.303 e. The molecule has 8 N–H and O–H groups in total. The molecule has 0 fully saturated rings. The van der Waals surface area contributed by atoms with Gasteiger partial charge in [-0.3, -0.25) is 9.59 Å². The molecule has 8 bridgehead atoms. The first-order chi connectivity index (χ1) is 21.1. The van der Waals surface area contributed by atoms with Gasteiger partial charge in [-0.25, -0.2) is 0 Å². The average Bonchev–Trinajstić information content (AvgIpc) is 3.67. The van der Waals surface area contributed by atoms with Crippen LogP contribution in [-0.2, 0) is 29.0 Å². The molecule has 0 unspecified atom stereocenters. The molecule has 1 aliphatic heterocycles. The molecule has 0 radical (unpaired) electrons. The van der Waals surface area contributed by atoms with E-state index in [-0.39, 0.29) is 32.3 Å². The lowest BCUT2D eigenvalue weighted by molar-refractivity contribution is -0.138. The van der Waals surface area contributed by atoms with E-state index in [1.807, 2.05) is 51.2 Å². The minimum Gasteiger partial charge on any atom is -0.515 e. The number of carboxylic acids is 2. The Labute approximate surface area is 252 Å². The first kappa shape index (κ1) is 30.2. The Hall–Kier alpha value is -5.22. The van der Waals surface area contributed by atoms with E-state index in [1.165, 1.54) is 0 Å². The summed E-state index contributed by atoms with van der Waals surface area (Å²) in [7, 11) is 0. The third kappa shape index (κ3) is 5.47. The highest BCUT2D eigenvalue weighted by atomic mass is 16.4. The van der Waals surface area contributed by atoms with Crippen LogP contribution >= 0.6 is 0 Å². The second kappa shape index (κ2) is 12.2. The highest BCUT2D eigenvalue weighted by Gasteiger charge is 2.17. The van der Waals surface area contributed by atoms with Gasteiger partial charge in [-0.2, -0.15) is 0 Å². The van der Waals surface area contributed by atoms with E-state index in [2.05, 4.69) is 26.5 Å². The molecule has 228 valence electrons. The van der Waals surface area contributed by atoms with Crippen LogP contribution in [0.15, 0.2) is 6.58 Å². The minimum absolute atomic E-state index is 0.0820. The lowest BCUT2D eigenvalue weighted by Crippen LogP contribution is -2.37. The number of carboxylic acid groups (broad SMARTS) is 2. The molecule has 10 nitrogen and oxygen atoms in total. The van der Waals surface area contributed by atoms with Crippen molar-refractivity contribution in [2.24, 2.45) is 0 Å². The van der Waals surface area contributed by atoms with E-state index in [1.54, 1.807) is 6.08 Å². The van der Waals surface area contributed by atoms with Gasteiger partial charge in [0.25, 0.3) is 0 Å². The van der Waals surface area contributed by atoms with E-state index in [9.17, 15) is 30.0 Å². The summed E-state index contributed by atoms with van der Waals surface area (Å²) in [5.74, 6) is -1.88. The van der Waals surface area contributed by atoms with Crippen molar-refractivity contribution < 1.29 is 30.0 Å². The topological polar surface area (TPSA) is 178 Å². The molecule has 0 atom stereocenters. The van der Waals surface area contributed by atoms with Crippen LogP contribution in [0.3, 0.4) is 0 Å². The van der Waals surface area contributed by atoms with Crippen LogP contribution in [0.25, 0.3) is 42.7 Å². The maximum atomic E-state index is 11.6. The Morgan fingerprint density at radius 1 is 0.727 bits per heavy atom. The lowest BCUT2D eigenvalue weighted by Gasteiger charge is -2.02. The fourth-order valence-corrected chi connectivity index (χ4v) is 6.07. The van der Waals surface area contributed by atoms with Crippen molar-refractivity contribution in [1.82, 2.24) is 19.9 Å². The predicted octanol–water partition coefficient (Wildman–Crippen LogP) is 0.511. The zero-order chi connectivity index (χ0) is 31.7. The highest BCUT2D eigenvalue weighted by Crippen LogP contribution is 2.23. The van der Waals surface area contributed by atoms with Crippen molar-refractivity contribution >= 4 is 54.7 Å². The van der Waals surface area contributed by atoms with Crippen LogP contribution in [-0.4, -0.2) is 52.3 Å². The van der Waals surface area contributed by atoms with E-state index in [4.69, 9.17) is 0 Å². The van der Waals surface area contributed by atoms with Gasteiger partial charge in [-0.15, -0.1) is 0 Å². The summed E-state index contributed by atoms with van der Waals surface area (Å²) >= 11 is 0. The zero-order valence-electron chi connectivity index (χ0n) is 24.9. The number of hydrogen-bond donors (Lipinski definition) is 8. The first-order valence-corrected chi connectivity index (χ1v) is 14.4. The van der Waals surface area contributed by atoms with Crippen LogP contribution in [0.1, 0.15) is 75.9 Å². The number of nitrogens with one attached hydrogen (secondary N) is 4. The molecule has 0 saturated heterocycles. The van der Waals surface area contributed by atoms with Gasteiger partial charge in [0, 0.05) is 73.2 Å². The summed E-state index contributed by atoms with van der Waals surface area (Å²) < 4.78 is 0. The van der Waals surface area contributed by atoms with Crippen molar-refractivity contribution in [2.75, 3.05) is 0 Å². The van der Waals surface area contributed by atoms with Crippen molar-refractivity contribution in [3.63, 3.8) is 0 Å². The number of aliphatic hydroxyl groups is 2. The number of rotatable bonds is 8. The van der Waals surface area contributed by atoms with Crippen molar-refractivity contribution in [2.45, 2.75) is 53.1 Å². The molecule has 4 aromatic rings. The van der Waals surface area contributed by atoms with Crippen molar-refractivity contribution in [3.05, 3.63) is 94.6 Å².